The average molecular weight is 226 g/mol. The molecule has 0 N–H and O–H groups in total. The third-order valence-electron chi connectivity index (χ3n) is 4.04. The van der Waals surface area contributed by atoms with Crippen molar-refractivity contribution in [1.29, 1.82) is 0 Å². The summed E-state index contributed by atoms with van der Waals surface area (Å²) < 4.78 is 5.71. The zero-order valence-electron chi connectivity index (χ0n) is 11.3. The Labute approximate surface area is 102 Å². The molecule has 1 heteroatoms. The van der Waals surface area contributed by atoms with Gasteiger partial charge in [-0.05, 0) is 31.1 Å². The lowest BCUT2D eigenvalue weighted by Crippen LogP contribution is -2.03. The first-order valence-corrected chi connectivity index (χ1v) is 7.44. The second-order valence-corrected chi connectivity index (χ2v) is 5.42. The minimum atomic E-state index is 0.973. The summed E-state index contributed by atoms with van der Waals surface area (Å²) >= 11 is 0. The monoisotopic (exact) mass is 226 g/mol. The van der Waals surface area contributed by atoms with Crippen LogP contribution < -0.4 is 0 Å². The summed E-state index contributed by atoms with van der Waals surface area (Å²) in [5.41, 5.74) is 0. The van der Waals surface area contributed by atoms with Gasteiger partial charge in [0.05, 0.1) is 0 Å². The van der Waals surface area contributed by atoms with Crippen LogP contribution >= 0.6 is 0 Å². The van der Waals surface area contributed by atoms with Gasteiger partial charge >= 0.3 is 0 Å². The van der Waals surface area contributed by atoms with E-state index >= 15 is 0 Å². The molecule has 0 heterocycles. The number of hydrogen-bond acceptors (Lipinski definition) is 1. The van der Waals surface area contributed by atoms with E-state index < -0.39 is 0 Å². The van der Waals surface area contributed by atoms with E-state index in [0.717, 1.165) is 25.0 Å². The molecule has 2 atom stereocenters. The van der Waals surface area contributed by atoms with Crippen molar-refractivity contribution in [3.63, 3.8) is 0 Å². The van der Waals surface area contributed by atoms with E-state index in [-0.39, 0.29) is 0 Å². The SMILES string of the molecule is CCCCCCOCCC1CCC(CC)C1. The Morgan fingerprint density at radius 1 is 0.938 bits per heavy atom. The van der Waals surface area contributed by atoms with E-state index in [9.17, 15) is 0 Å². The molecule has 16 heavy (non-hydrogen) atoms. The van der Waals surface area contributed by atoms with Crippen molar-refractivity contribution in [2.45, 2.75) is 71.6 Å². The molecule has 1 saturated carbocycles. The molecule has 1 nitrogen and oxygen atoms in total. The predicted molar refractivity (Wildman–Crippen MR) is 70.7 cm³/mol. The van der Waals surface area contributed by atoms with E-state index in [1.165, 1.54) is 57.8 Å². The number of rotatable bonds is 9. The van der Waals surface area contributed by atoms with Gasteiger partial charge in [-0.3, -0.25) is 0 Å². The summed E-state index contributed by atoms with van der Waals surface area (Å²) in [6.45, 7) is 6.58. The van der Waals surface area contributed by atoms with E-state index in [4.69, 9.17) is 4.74 Å². The highest BCUT2D eigenvalue weighted by Gasteiger charge is 2.22. The molecule has 1 fully saturated rings. The molecule has 2 unspecified atom stereocenters. The average Bonchev–Trinajstić information content (AvgIpc) is 2.76. The topological polar surface area (TPSA) is 9.23 Å². The lowest BCUT2D eigenvalue weighted by Gasteiger charge is -2.10. The smallest absolute Gasteiger partial charge is 0.0468 e. The summed E-state index contributed by atoms with van der Waals surface area (Å²) in [5, 5.41) is 0. The Balaban J connectivity index is 1.84. The highest BCUT2D eigenvalue weighted by molar-refractivity contribution is 4.74. The standard InChI is InChI=1S/C15H30O/c1-3-5-6-7-11-16-12-10-15-9-8-14(4-2)13-15/h14-15H,3-13H2,1-2H3. The molecule has 0 radical (unpaired) electrons. The third kappa shape index (κ3) is 5.89. The number of unbranched alkanes of at least 4 members (excludes halogenated alkanes) is 3. The maximum atomic E-state index is 5.71. The van der Waals surface area contributed by atoms with Crippen LogP contribution in [0.2, 0.25) is 0 Å². The van der Waals surface area contributed by atoms with Gasteiger partial charge in [0.15, 0.2) is 0 Å². The lowest BCUT2D eigenvalue weighted by molar-refractivity contribution is 0.116. The van der Waals surface area contributed by atoms with Gasteiger partial charge < -0.3 is 4.74 Å². The van der Waals surface area contributed by atoms with Crippen molar-refractivity contribution in [2.24, 2.45) is 11.8 Å². The molecule has 1 aliphatic carbocycles. The van der Waals surface area contributed by atoms with Crippen molar-refractivity contribution < 1.29 is 4.74 Å². The second-order valence-electron chi connectivity index (χ2n) is 5.42. The van der Waals surface area contributed by atoms with Gasteiger partial charge in [-0.25, -0.2) is 0 Å². The first kappa shape index (κ1) is 14.0. The van der Waals surface area contributed by atoms with Gasteiger partial charge in [0.1, 0.15) is 0 Å². The van der Waals surface area contributed by atoms with Crippen molar-refractivity contribution in [1.82, 2.24) is 0 Å². The van der Waals surface area contributed by atoms with Crippen LogP contribution in [-0.4, -0.2) is 13.2 Å². The Hall–Kier alpha value is -0.0400. The van der Waals surface area contributed by atoms with Crippen LogP contribution in [-0.2, 0) is 4.74 Å². The number of hydrogen-bond donors (Lipinski definition) is 0. The molecule has 0 aromatic heterocycles. The van der Waals surface area contributed by atoms with Crippen LogP contribution in [0, 0.1) is 11.8 Å². The van der Waals surface area contributed by atoms with Crippen LogP contribution in [0.1, 0.15) is 71.6 Å². The Bertz CT molecular complexity index is 156. The first-order valence-electron chi connectivity index (χ1n) is 7.44. The van der Waals surface area contributed by atoms with Crippen molar-refractivity contribution in [3.8, 4) is 0 Å². The fourth-order valence-corrected chi connectivity index (χ4v) is 2.79. The van der Waals surface area contributed by atoms with Crippen molar-refractivity contribution in [2.75, 3.05) is 13.2 Å². The van der Waals surface area contributed by atoms with Crippen LogP contribution in [0.25, 0.3) is 0 Å². The van der Waals surface area contributed by atoms with Gasteiger partial charge in [0.2, 0.25) is 0 Å². The molecule has 96 valence electrons. The van der Waals surface area contributed by atoms with Crippen LogP contribution in [0.3, 0.4) is 0 Å². The molecule has 0 amide bonds. The molecular formula is C15H30O. The zero-order valence-corrected chi connectivity index (χ0v) is 11.3. The Kier molecular flexibility index (Phi) is 7.92. The highest BCUT2D eigenvalue weighted by Crippen LogP contribution is 2.34. The highest BCUT2D eigenvalue weighted by atomic mass is 16.5. The maximum Gasteiger partial charge on any atom is 0.0468 e. The zero-order chi connectivity index (χ0) is 11.6. The van der Waals surface area contributed by atoms with Crippen molar-refractivity contribution in [3.05, 3.63) is 0 Å². The molecule has 0 aromatic rings. The minimum absolute atomic E-state index is 0.973. The lowest BCUT2D eigenvalue weighted by atomic mass is 10.0. The molecular weight excluding hydrogens is 196 g/mol. The largest absolute Gasteiger partial charge is 0.381 e. The fourth-order valence-electron chi connectivity index (χ4n) is 2.79. The molecule has 0 bridgehead atoms. The molecule has 0 saturated heterocycles. The van der Waals surface area contributed by atoms with Gasteiger partial charge in [-0.1, -0.05) is 52.4 Å². The molecule has 1 rings (SSSR count). The first-order chi connectivity index (χ1) is 7.86. The van der Waals surface area contributed by atoms with E-state index in [1.54, 1.807) is 0 Å². The van der Waals surface area contributed by atoms with Crippen LogP contribution in [0.4, 0.5) is 0 Å². The Morgan fingerprint density at radius 3 is 2.44 bits per heavy atom. The summed E-state index contributed by atoms with van der Waals surface area (Å²) in [6.07, 6.45) is 12.4. The summed E-state index contributed by atoms with van der Waals surface area (Å²) in [7, 11) is 0. The van der Waals surface area contributed by atoms with Crippen molar-refractivity contribution >= 4 is 0 Å². The normalized spacial score (nSPS) is 25.1. The number of ether oxygens (including phenoxy) is 1. The van der Waals surface area contributed by atoms with Gasteiger partial charge in [0, 0.05) is 13.2 Å². The fraction of sp³-hybridized carbons (Fsp3) is 1.00. The van der Waals surface area contributed by atoms with Gasteiger partial charge in [-0.15, -0.1) is 0 Å². The minimum Gasteiger partial charge on any atom is -0.381 e. The van der Waals surface area contributed by atoms with E-state index in [1.807, 2.05) is 0 Å². The van der Waals surface area contributed by atoms with Gasteiger partial charge in [-0.2, -0.15) is 0 Å². The van der Waals surface area contributed by atoms with E-state index in [0.29, 0.717) is 0 Å². The summed E-state index contributed by atoms with van der Waals surface area (Å²) in [4.78, 5) is 0. The Morgan fingerprint density at radius 2 is 1.75 bits per heavy atom. The predicted octanol–water partition coefficient (Wildman–Crippen LogP) is 4.80. The second kappa shape index (κ2) is 9.04. The van der Waals surface area contributed by atoms with Gasteiger partial charge in [0.25, 0.3) is 0 Å². The molecule has 0 aliphatic heterocycles. The van der Waals surface area contributed by atoms with E-state index in [2.05, 4.69) is 13.8 Å². The molecule has 0 aromatic carbocycles. The quantitative estimate of drug-likeness (QED) is 0.513. The maximum absolute atomic E-state index is 5.71. The van der Waals surface area contributed by atoms with Crippen LogP contribution in [0.5, 0.6) is 0 Å². The summed E-state index contributed by atoms with van der Waals surface area (Å²) in [5.74, 6) is 2.00. The molecule has 0 spiro atoms. The molecule has 1 aliphatic rings. The van der Waals surface area contributed by atoms with Crippen LogP contribution in [0.15, 0.2) is 0 Å². The third-order valence-corrected chi connectivity index (χ3v) is 4.04. The summed E-state index contributed by atoms with van der Waals surface area (Å²) in [6, 6.07) is 0.